The molecular formula is C24H44O2. The van der Waals surface area contributed by atoms with Gasteiger partial charge >= 0.3 is 5.97 Å². The number of ether oxygens (including phenoxy) is 1. The maximum absolute atomic E-state index is 11.7. The predicted octanol–water partition coefficient (Wildman–Crippen LogP) is 7.92. The molecule has 0 aliphatic rings. The van der Waals surface area contributed by atoms with E-state index in [1.54, 1.807) is 0 Å². The molecule has 0 bridgehead atoms. The molecule has 0 rings (SSSR count). The van der Waals surface area contributed by atoms with E-state index in [0.29, 0.717) is 13.0 Å². The average molecular weight is 365 g/mol. The largest absolute Gasteiger partial charge is 0.466 e. The van der Waals surface area contributed by atoms with Gasteiger partial charge in [-0.1, -0.05) is 83.1 Å². The number of hydrogen-bond donors (Lipinski definition) is 0. The van der Waals surface area contributed by atoms with E-state index in [1.807, 2.05) is 0 Å². The van der Waals surface area contributed by atoms with Crippen molar-refractivity contribution in [2.75, 3.05) is 6.61 Å². The summed E-state index contributed by atoms with van der Waals surface area (Å²) >= 11 is 0. The fraction of sp³-hybridized carbons (Fsp3) is 0.792. The average Bonchev–Trinajstić information content (AvgIpc) is 2.64. The maximum atomic E-state index is 11.7. The van der Waals surface area contributed by atoms with Crippen molar-refractivity contribution in [2.24, 2.45) is 0 Å². The van der Waals surface area contributed by atoms with Crippen LogP contribution in [-0.4, -0.2) is 12.6 Å². The van der Waals surface area contributed by atoms with Crippen LogP contribution in [0.3, 0.4) is 0 Å². The molecule has 0 aromatic rings. The van der Waals surface area contributed by atoms with Crippen LogP contribution in [0.2, 0.25) is 0 Å². The summed E-state index contributed by atoms with van der Waals surface area (Å²) in [4.78, 5) is 11.7. The Kier molecular flexibility index (Phi) is 21.1. The molecule has 0 fully saturated rings. The van der Waals surface area contributed by atoms with Crippen molar-refractivity contribution in [1.82, 2.24) is 0 Å². The third kappa shape index (κ3) is 21.0. The minimum atomic E-state index is -0.00968. The lowest BCUT2D eigenvalue weighted by Gasteiger charge is -2.04. The summed E-state index contributed by atoms with van der Waals surface area (Å²) in [5.41, 5.74) is 0. The van der Waals surface area contributed by atoms with Gasteiger partial charge < -0.3 is 4.74 Å². The number of carbonyl (C=O) groups is 1. The van der Waals surface area contributed by atoms with Crippen molar-refractivity contribution in [1.29, 1.82) is 0 Å². The first-order chi connectivity index (χ1) is 12.8. The topological polar surface area (TPSA) is 26.3 Å². The molecular weight excluding hydrogens is 320 g/mol. The maximum Gasteiger partial charge on any atom is 0.305 e. The molecule has 152 valence electrons. The van der Waals surface area contributed by atoms with E-state index in [2.05, 4.69) is 38.2 Å². The molecule has 0 unspecified atom stereocenters. The SMILES string of the molecule is CCC/C=C/CCCCCCCCC(=O)OCCCC/C=C/CCCC. The number of rotatable bonds is 19. The first-order valence-corrected chi connectivity index (χ1v) is 11.3. The van der Waals surface area contributed by atoms with Crippen LogP contribution >= 0.6 is 0 Å². The zero-order valence-electron chi connectivity index (χ0n) is 17.6. The first-order valence-electron chi connectivity index (χ1n) is 11.3. The van der Waals surface area contributed by atoms with Crippen molar-refractivity contribution in [3.63, 3.8) is 0 Å². The minimum Gasteiger partial charge on any atom is -0.466 e. The molecule has 0 aromatic carbocycles. The third-order valence-corrected chi connectivity index (χ3v) is 4.54. The Morgan fingerprint density at radius 1 is 0.615 bits per heavy atom. The van der Waals surface area contributed by atoms with Crippen LogP contribution in [0.15, 0.2) is 24.3 Å². The third-order valence-electron chi connectivity index (χ3n) is 4.54. The van der Waals surface area contributed by atoms with Crippen molar-refractivity contribution in [2.45, 2.75) is 117 Å². The summed E-state index contributed by atoms with van der Waals surface area (Å²) in [6.45, 7) is 5.03. The number of hydrogen-bond acceptors (Lipinski definition) is 2. The number of carbonyl (C=O) groups excluding carboxylic acids is 1. The lowest BCUT2D eigenvalue weighted by Crippen LogP contribution is -2.05. The van der Waals surface area contributed by atoms with Gasteiger partial charge in [0.15, 0.2) is 0 Å². The molecule has 0 saturated heterocycles. The van der Waals surface area contributed by atoms with Gasteiger partial charge in [-0.3, -0.25) is 4.79 Å². The number of esters is 1. The summed E-state index contributed by atoms with van der Waals surface area (Å²) in [7, 11) is 0. The van der Waals surface area contributed by atoms with Crippen LogP contribution < -0.4 is 0 Å². The summed E-state index contributed by atoms with van der Waals surface area (Å²) < 4.78 is 5.31. The van der Waals surface area contributed by atoms with Crippen molar-refractivity contribution < 1.29 is 9.53 Å². The molecule has 0 saturated carbocycles. The molecule has 2 nitrogen and oxygen atoms in total. The van der Waals surface area contributed by atoms with Gasteiger partial charge in [0.1, 0.15) is 0 Å². The lowest BCUT2D eigenvalue weighted by molar-refractivity contribution is -0.143. The van der Waals surface area contributed by atoms with Gasteiger partial charge in [0, 0.05) is 6.42 Å². The summed E-state index contributed by atoms with van der Waals surface area (Å²) in [6, 6.07) is 0. The minimum absolute atomic E-state index is 0.00968. The highest BCUT2D eigenvalue weighted by molar-refractivity contribution is 5.69. The molecule has 0 atom stereocenters. The molecule has 2 heteroatoms. The highest BCUT2D eigenvalue weighted by Gasteiger charge is 2.02. The highest BCUT2D eigenvalue weighted by Crippen LogP contribution is 2.10. The molecule has 0 spiro atoms. The van der Waals surface area contributed by atoms with E-state index >= 15 is 0 Å². The van der Waals surface area contributed by atoms with Crippen LogP contribution in [-0.2, 0) is 9.53 Å². The second-order valence-corrected chi connectivity index (χ2v) is 7.25. The summed E-state index contributed by atoms with van der Waals surface area (Å²) in [6.07, 6.45) is 27.7. The van der Waals surface area contributed by atoms with Crippen LogP contribution in [0.1, 0.15) is 117 Å². The van der Waals surface area contributed by atoms with Crippen LogP contribution in [0.5, 0.6) is 0 Å². The Hall–Kier alpha value is -1.05. The van der Waals surface area contributed by atoms with E-state index in [4.69, 9.17) is 4.74 Å². The Morgan fingerprint density at radius 3 is 1.81 bits per heavy atom. The van der Waals surface area contributed by atoms with Gasteiger partial charge in [0.25, 0.3) is 0 Å². The fourth-order valence-corrected chi connectivity index (χ4v) is 2.82. The van der Waals surface area contributed by atoms with Gasteiger partial charge in [0.2, 0.25) is 0 Å². The van der Waals surface area contributed by atoms with Crippen molar-refractivity contribution >= 4 is 5.97 Å². The molecule has 26 heavy (non-hydrogen) atoms. The molecule has 0 aromatic heterocycles. The van der Waals surface area contributed by atoms with Crippen LogP contribution in [0.25, 0.3) is 0 Å². The van der Waals surface area contributed by atoms with E-state index in [1.165, 1.54) is 64.2 Å². The molecule has 0 aliphatic carbocycles. The first kappa shape index (κ1) is 24.9. The van der Waals surface area contributed by atoms with E-state index in [9.17, 15) is 4.79 Å². The van der Waals surface area contributed by atoms with E-state index < -0.39 is 0 Å². The summed E-state index contributed by atoms with van der Waals surface area (Å²) in [5, 5.41) is 0. The van der Waals surface area contributed by atoms with E-state index in [0.717, 1.165) is 32.1 Å². The fourth-order valence-electron chi connectivity index (χ4n) is 2.82. The zero-order chi connectivity index (χ0) is 19.1. The number of allylic oxidation sites excluding steroid dienone is 4. The van der Waals surface area contributed by atoms with Gasteiger partial charge in [-0.15, -0.1) is 0 Å². The Bertz CT molecular complexity index is 344. The Labute approximate surface area is 163 Å². The van der Waals surface area contributed by atoms with Crippen molar-refractivity contribution in [3.05, 3.63) is 24.3 Å². The van der Waals surface area contributed by atoms with E-state index in [-0.39, 0.29) is 5.97 Å². The van der Waals surface area contributed by atoms with Crippen LogP contribution in [0, 0.1) is 0 Å². The standard InChI is InChI=1S/C24H44O2/c1-3-5-7-9-11-13-14-15-16-18-20-22-24(25)26-23-21-19-17-12-10-8-6-4-2/h7,9-10,12H,3-6,8,11,13-23H2,1-2H3/b9-7+,12-10+. The highest BCUT2D eigenvalue weighted by atomic mass is 16.5. The quantitative estimate of drug-likeness (QED) is 0.132. The zero-order valence-corrected chi connectivity index (χ0v) is 17.6. The molecule has 0 aliphatic heterocycles. The predicted molar refractivity (Wildman–Crippen MR) is 114 cm³/mol. The Balaban J connectivity index is 3.23. The molecule has 0 N–H and O–H groups in total. The van der Waals surface area contributed by atoms with Gasteiger partial charge in [-0.2, -0.15) is 0 Å². The normalized spacial score (nSPS) is 11.6. The smallest absolute Gasteiger partial charge is 0.305 e. The molecule has 0 amide bonds. The lowest BCUT2D eigenvalue weighted by atomic mass is 10.1. The van der Waals surface area contributed by atoms with Gasteiger partial charge in [0.05, 0.1) is 6.61 Å². The van der Waals surface area contributed by atoms with Gasteiger partial charge in [-0.25, -0.2) is 0 Å². The molecule has 0 radical (unpaired) electrons. The monoisotopic (exact) mass is 364 g/mol. The second kappa shape index (κ2) is 22.0. The summed E-state index contributed by atoms with van der Waals surface area (Å²) in [5.74, 6) is -0.00968. The molecule has 0 heterocycles. The second-order valence-electron chi connectivity index (χ2n) is 7.25. The van der Waals surface area contributed by atoms with Crippen LogP contribution in [0.4, 0.5) is 0 Å². The number of unbranched alkanes of at least 4 members (excludes halogenated alkanes) is 11. The Morgan fingerprint density at radius 2 is 1.15 bits per heavy atom. The van der Waals surface area contributed by atoms with Gasteiger partial charge in [-0.05, 0) is 51.4 Å². The van der Waals surface area contributed by atoms with Crippen molar-refractivity contribution in [3.8, 4) is 0 Å².